The molecule has 2 aromatic rings. The molecule has 2 atom stereocenters. The maximum Gasteiger partial charge on any atom is 0.219 e. The third kappa shape index (κ3) is 7.00. The summed E-state index contributed by atoms with van der Waals surface area (Å²) >= 11 is 0. The van der Waals surface area contributed by atoms with Crippen molar-refractivity contribution in [1.29, 1.82) is 0 Å². The van der Waals surface area contributed by atoms with Crippen LogP contribution < -0.4 is 9.47 Å². The topological polar surface area (TPSA) is 59.0 Å². The Morgan fingerprint density at radius 3 is 2.06 bits per heavy atom. The Labute approximate surface area is 187 Å². The van der Waals surface area contributed by atoms with E-state index in [1.807, 2.05) is 43.9 Å². The monoisotopic (exact) mass is 427 g/mol. The van der Waals surface area contributed by atoms with Gasteiger partial charge in [-0.05, 0) is 70.2 Å². The third-order valence-electron chi connectivity index (χ3n) is 5.46. The van der Waals surface area contributed by atoms with E-state index >= 15 is 0 Å². The fraction of sp³-hybridized carbons (Fsp3) is 0.500. The van der Waals surface area contributed by atoms with Crippen molar-refractivity contribution >= 4 is 5.91 Å². The summed E-state index contributed by atoms with van der Waals surface area (Å²) < 4.78 is 11.6. The van der Waals surface area contributed by atoms with E-state index in [1.165, 1.54) is 5.56 Å². The van der Waals surface area contributed by atoms with Crippen LogP contribution in [0.1, 0.15) is 76.3 Å². The zero-order valence-corrected chi connectivity index (χ0v) is 19.6. The summed E-state index contributed by atoms with van der Waals surface area (Å²) in [7, 11) is 0. The summed E-state index contributed by atoms with van der Waals surface area (Å²) in [5.74, 6) is 1.26. The van der Waals surface area contributed by atoms with Gasteiger partial charge in [-0.1, -0.05) is 30.3 Å². The number of aliphatic hydroxyl groups excluding tert-OH is 1. The van der Waals surface area contributed by atoms with Gasteiger partial charge in [0.25, 0.3) is 0 Å². The van der Waals surface area contributed by atoms with Crippen molar-refractivity contribution in [3.05, 3.63) is 59.2 Å². The molecule has 0 radical (unpaired) electrons. The lowest BCUT2D eigenvalue weighted by Crippen LogP contribution is -2.32. The SMILES string of the molecule is CCOc1cc(C(C)N(CCCCc2ccccc2)C(C)=O)cc(OCC)c1C(C)O. The molecule has 0 heterocycles. The summed E-state index contributed by atoms with van der Waals surface area (Å²) in [4.78, 5) is 14.3. The van der Waals surface area contributed by atoms with Crippen LogP contribution in [0.15, 0.2) is 42.5 Å². The zero-order valence-electron chi connectivity index (χ0n) is 19.6. The molecule has 0 aliphatic heterocycles. The molecule has 2 unspecified atom stereocenters. The number of carbonyl (C=O) groups is 1. The van der Waals surface area contributed by atoms with E-state index < -0.39 is 6.10 Å². The van der Waals surface area contributed by atoms with Gasteiger partial charge in [0.2, 0.25) is 5.91 Å². The van der Waals surface area contributed by atoms with Crippen molar-refractivity contribution in [3.63, 3.8) is 0 Å². The van der Waals surface area contributed by atoms with Gasteiger partial charge >= 0.3 is 0 Å². The maximum atomic E-state index is 12.4. The first-order valence-corrected chi connectivity index (χ1v) is 11.3. The van der Waals surface area contributed by atoms with E-state index in [2.05, 4.69) is 24.3 Å². The normalized spacial score (nSPS) is 12.8. The van der Waals surface area contributed by atoms with Gasteiger partial charge in [-0.2, -0.15) is 0 Å². The standard InChI is InChI=1S/C26H37NO4/c1-6-30-24-17-23(18-25(31-7-2)26(24)20(4)28)19(3)27(21(5)29)16-12-11-15-22-13-9-8-10-14-22/h8-10,13-14,17-20,28H,6-7,11-12,15-16H2,1-5H3. The lowest BCUT2D eigenvalue weighted by Gasteiger charge is -2.30. The lowest BCUT2D eigenvalue weighted by molar-refractivity contribution is -0.131. The van der Waals surface area contributed by atoms with E-state index in [-0.39, 0.29) is 11.9 Å². The number of nitrogens with zero attached hydrogens (tertiary/aromatic N) is 1. The molecule has 2 aromatic carbocycles. The molecule has 0 fully saturated rings. The van der Waals surface area contributed by atoms with E-state index in [1.54, 1.807) is 13.8 Å². The first kappa shape index (κ1) is 24.7. The second kappa shape index (κ2) is 12.4. The summed E-state index contributed by atoms with van der Waals surface area (Å²) in [6.45, 7) is 10.8. The van der Waals surface area contributed by atoms with Gasteiger partial charge in [-0.25, -0.2) is 0 Å². The van der Waals surface area contributed by atoms with Crippen LogP contribution in [0.3, 0.4) is 0 Å². The Bertz CT molecular complexity index is 792. The smallest absolute Gasteiger partial charge is 0.219 e. The van der Waals surface area contributed by atoms with Crippen LogP contribution in [0.25, 0.3) is 0 Å². The van der Waals surface area contributed by atoms with Crippen LogP contribution in [0.4, 0.5) is 0 Å². The van der Waals surface area contributed by atoms with Gasteiger partial charge in [0.15, 0.2) is 0 Å². The van der Waals surface area contributed by atoms with Crippen LogP contribution in [0.5, 0.6) is 11.5 Å². The molecule has 0 spiro atoms. The van der Waals surface area contributed by atoms with Crippen molar-refractivity contribution in [2.75, 3.05) is 19.8 Å². The Hall–Kier alpha value is -2.53. The number of benzene rings is 2. The molecule has 2 rings (SSSR count). The predicted octanol–water partition coefficient (Wildman–Crippen LogP) is 5.47. The molecule has 0 aliphatic carbocycles. The minimum Gasteiger partial charge on any atom is -0.493 e. The first-order chi connectivity index (χ1) is 14.9. The molecule has 0 saturated carbocycles. The number of ether oxygens (including phenoxy) is 2. The number of aryl methyl sites for hydroxylation is 1. The quantitative estimate of drug-likeness (QED) is 0.456. The second-order valence-electron chi connectivity index (χ2n) is 7.80. The van der Waals surface area contributed by atoms with Gasteiger partial charge in [0.05, 0.1) is 30.9 Å². The number of amides is 1. The minimum atomic E-state index is -0.714. The van der Waals surface area contributed by atoms with Gasteiger partial charge < -0.3 is 19.5 Å². The highest BCUT2D eigenvalue weighted by Crippen LogP contribution is 2.38. The first-order valence-electron chi connectivity index (χ1n) is 11.3. The molecule has 1 N–H and O–H groups in total. The average Bonchev–Trinajstić information content (AvgIpc) is 2.73. The maximum absolute atomic E-state index is 12.4. The number of carbonyl (C=O) groups excluding carboxylic acids is 1. The molecule has 5 nitrogen and oxygen atoms in total. The van der Waals surface area contributed by atoms with Crippen LogP contribution in [-0.2, 0) is 11.2 Å². The van der Waals surface area contributed by atoms with Gasteiger partial charge in [0, 0.05) is 13.5 Å². The molecule has 0 saturated heterocycles. The summed E-state index contributed by atoms with van der Waals surface area (Å²) in [5.41, 5.74) is 2.91. The minimum absolute atomic E-state index is 0.0442. The Morgan fingerprint density at radius 1 is 1.00 bits per heavy atom. The van der Waals surface area contributed by atoms with Crippen molar-refractivity contribution in [2.45, 2.75) is 66.0 Å². The Balaban J connectivity index is 2.19. The van der Waals surface area contributed by atoms with Crippen LogP contribution in [-0.4, -0.2) is 35.7 Å². The highest BCUT2D eigenvalue weighted by Gasteiger charge is 2.23. The van der Waals surface area contributed by atoms with Crippen LogP contribution >= 0.6 is 0 Å². The fourth-order valence-electron chi connectivity index (χ4n) is 3.88. The molecule has 0 aliphatic rings. The lowest BCUT2D eigenvalue weighted by atomic mass is 9.99. The Kier molecular flexibility index (Phi) is 9.86. The second-order valence-corrected chi connectivity index (χ2v) is 7.80. The van der Waals surface area contributed by atoms with Crippen LogP contribution in [0, 0.1) is 0 Å². The molecular weight excluding hydrogens is 390 g/mol. The summed E-state index contributed by atoms with van der Waals surface area (Å²) in [6.07, 6.45) is 2.25. The molecule has 1 amide bonds. The number of unbranched alkanes of at least 4 members (excludes halogenated alkanes) is 1. The van der Waals surface area contributed by atoms with E-state index in [0.717, 1.165) is 24.8 Å². The van der Waals surface area contributed by atoms with Crippen molar-refractivity contribution in [3.8, 4) is 11.5 Å². The van der Waals surface area contributed by atoms with E-state index in [9.17, 15) is 9.90 Å². The molecule has 5 heteroatoms. The number of aliphatic hydroxyl groups is 1. The summed E-state index contributed by atoms with van der Waals surface area (Å²) in [5, 5.41) is 10.3. The average molecular weight is 428 g/mol. The predicted molar refractivity (Wildman–Crippen MR) is 125 cm³/mol. The Morgan fingerprint density at radius 2 is 1.58 bits per heavy atom. The number of rotatable bonds is 12. The molecule has 0 bridgehead atoms. The van der Waals surface area contributed by atoms with Gasteiger partial charge in [0.1, 0.15) is 11.5 Å². The van der Waals surface area contributed by atoms with Crippen molar-refractivity contribution < 1.29 is 19.4 Å². The molecular formula is C26H37NO4. The van der Waals surface area contributed by atoms with E-state index in [4.69, 9.17) is 9.47 Å². The highest BCUT2D eigenvalue weighted by atomic mass is 16.5. The zero-order chi connectivity index (χ0) is 22.8. The van der Waals surface area contributed by atoms with Crippen LogP contribution in [0.2, 0.25) is 0 Å². The fourth-order valence-corrected chi connectivity index (χ4v) is 3.88. The van der Waals surface area contributed by atoms with Gasteiger partial charge in [-0.3, -0.25) is 4.79 Å². The van der Waals surface area contributed by atoms with Crippen molar-refractivity contribution in [2.24, 2.45) is 0 Å². The largest absolute Gasteiger partial charge is 0.493 e. The van der Waals surface area contributed by atoms with E-state index in [0.29, 0.717) is 36.8 Å². The molecule has 0 aromatic heterocycles. The molecule has 170 valence electrons. The summed E-state index contributed by atoms with van der Waals surface area (Å²) in [6, 6.07) is 14.1. The number of hydrogen-bond acceptors (Lipinski definition) is 4. The van der Waals surface area contributed by atoms with Crippen molar-refractivity contribution in [1.82, 2.24) is 4.90 Å². The molecule has 31 heavy (non-hydrogen) atoms. The van der Waals surface area contributed by atoms with Gasteiger partial charge in [-0.15, -0.1) is 0 Å². The highest BCUT2D eigenvalue weighted by molar-refractivity contribution is 5.74. The number of hydrogen-bond donors (Lipinski definition) is 1. The third-order valence-corrected chi connectivity index (χ3v) is 5.46.